The molecule has 3 aromatic carbocycles. The van der Waals surface area contributed by atoms with Gasteiger partial charge in [-0.05, 0) is 41.0 Å². The Hall–Kier alpha value is -3.97. The van der Waals surface area contributed by atoms with E-state index in [2.05, 4.69) is 11.4 Å². The molecular formula is C24H17N3O. The molecule has 4 rings (SSSR count). The number of nitriles is 1. The molecule has 0 atom stereocenters. The Morgan fingerprint density at radius 2 is 1.75 bits per heavy atom. The highest BCUT2D eigenvalue weighted by atomic mass is 16.1. The third kappa shape index (κ3) is 3.89. The van der Waals surface area contributed by atoms with Crippen LogP contribution in [0.15, 0.2) is 77.8 Å². The van der Waals surface area contributed by atoms with Gasteiger partial charge < -0.3 is 5.32 Å². The molecule has 1 heterocycles. The molecule has 0 bridgehead atoms. The van der Waals surface area contributed by atoms with E-state index in [-0.39, 0.29) is 12.3 Å². The van der Waals surface area contributed by atoms with Crippen LogP contribution in [0.25, 0.3) is 12.2 Å². The Morgan fingerprint density at radius 1 is 0.929 bits per heavy atom. The minimum atomic E-state index is -0.121. The van der Waals surface area contributed by atoms with Gasteiger partial charge >= 0.3 is 0 Å². The van der Waals surface area contributed by atoms with Gasteiger partial charge in [0.1, 0.15) is 0 Å². The number of amides is 1. The van der Waals surface area contributed by atoms with Gasteiger partial charge in [-0.25, -0.2) is 0 Å². The summed E-state index contributed by atoms with van der Waals surface area (Å²) in [5, 5.41) is 12.1. The molecule has 0 saturated carbocycles. The Kier molecular flexibility index (Phi) is 4.81. The van der Waals surface area contributed by atoms with Crippen molar-refractivity contribution in [1.82, 2.24) is 0 Å². The SMILES string of the molecule is N#Cc1cccc(C2=Nc3ccc(C=Cc4ccccc4)cc3NC(=O)C2)c1. The van der Waals surface area contributed by atoms with E-state index in [1.807, 2.05) is 66.7 Å². The second kappa shape index (κ2) is 7.73. The number of carbonyl (C=O) groups excluding carboxylic acids is 1. The Labute approximate surface area is 163 Å². The number of anilines is 1. The maximum Gasteiger partial charge on any atom is 0.230 e. The largest absolute Gasteiger partial charge is 0.324 e. The van der Waals surface area contributed by atoms with E-state index < -0.39 is 0 Å². The number of aliphatic imine (C=N–C) groups is 1. The first-order valence-electron chi connectivity index (χ1n) is 8.96. The van der Waals surface area contributed by atoms with E-state index >= 15 is 0 Å². The summed E-state index contributed by atoms with van der Waals surface area (Å²) < 4.78 is 0. The summed E-state index contributed by atoms with van der Waals surface area (Å²) >= 11 is 0. The van der Waals surface area contributed by atoms with E-state index in [9.17, 15) is 4.79 Å². The quantitative estimate of drug-likeness (QED) is 0.651. The van der Waals surface area contributed by atoms with E-state index in [1.54, 1.807) is 18.2 Å². The summed E-state index contributed by atoms with van der Waals surface area (Å²) in [6.45, 7) is 0. The Bertz CT molecular complexity index is 1140. The van der Waals surface area contributed by atoms with Crippen molar-refractivity contribution >= 4 is 35.1 Å². The average Bonchev–Trinajstić information content (AvgIpc) is 2.90. The van der Waals surface area contributed by atoms with Gasteiger partial charge in [0, 0.05) is 0 Å². The van der Waals surface area contributed by atoms with Crippen molar-refractivity contribution < 1.29 is 4.79 Å². The molecule has 28 heavy (non-hydrogen) atoms. The summed E-state index contributed by atoms with van der Waals surface area (Å²) in [6, 6.07) is 25.1. The van der Waals surface area contributed by atoms with Crippen molar-refractivity contribution in [3.63, 3.8) is 0 Å². The lowest BCUT2D eigenvalue weighted by Crippen LogP contribution is -2.15. The first-order valence-corrected chi connectivity index (χ1v) is 8.96. The van der Waals surface area contributed by atoms with Gasteiger partial charge in [0.25, 0.3) is 0 Å². The normalized spacial score (nSPS) is 13.2. The minimum Gasteiger partial charge on any atom is -0.324 e. The van der Waals surface area contributed by atoms with Crippen molar-refractivity contribution in [2.75, 3.05) is 5.32 Å². The molecule has 1 amide bonds. The van der Waals surface area contributed by atoms with Gasteiger partial charge in [-0.2, -0.15) is 5.26 Å². The van der Waals surface area contributed by atoms with Crippen LogP contribution < -0.4 is 5.32 Å². The zero-order valence-corrected chi connectivity index (χ0v) is 15.1. The third-order valence-electron chi connectivity index (χ3n) is 4.47. The van der Waals surface area contributed by atoms with Crippen LogP contribution in [-0.4, -0.2) is 11.6 Å². The highest BCUT2D eigenvalue weighted by Crippen LogP contribution is 2.31. The molecule has 0 saturated heterocycles. The van der Waals surface area contributed by atoms with Crippen LogP contribution in [0.1, 0.15) is 28.7 Å². The first-order chi connectivity index (χ1) is 13.7. The van der Waals surface area contributed by atoms with Crippen LogP contribution in [0.4, 0.5) is 11.4 Å². The molecule has 0 radical (unpaired) electrons. The van der Waals surface area contributed by atoms with Gasteiger partial charge in [-0.3, -0.25) is 9.79 Å². The molecule has 0 aromatic heterocycles. The summed E-state index contributed by atoms with van der Waals surface area (Å²) in [5.74, 6) is -0.121. The number of hydrogen-bond donors (Lipinski definition) is 1. The topological polar surface area (TPSA) is 65.2 Å². The second-order valence-electron chi connectivity index (χ2n) is 6.50. The smallest absolute Gasteiger partial charge is 0.230 e. The monoisotopic (exact) mass is 363 g/mol. The molecule has 134 valence electrons. The highest BCUT2D eigenvalue weighted by Gasteiger charge is 2.17. The average molecular weight is 363 g/mol. The minimum absolute atomic E-state index is 0.121. The number of carbonyl (C=O) groups is 1. The summed E-state index contributed by atoms with van der Waals surface area (Å²) in [7, 11) is 0. The standard InChI is InChI=1S/C24H17N3O/c25-16-19-7-4-8-20(13-19)22-15-24(28)27-23-14-18(11-12-21(23)26-22)10-9-17-5-2-1-3-6-17/h1-14H,15H2,(H,27,28). The number of nitrogens with one attached hydrogen (secondary N) is 1. The van der Waals surface area contributed by atoms with E-state index in [0.29, 0.717) is 22.6 Å². The summed E-state index contributed by atoms with van der Waals surface area (Å²) in [6.07, 6.45) is 4.20. The number of nitrogens with zero attached hydrogens (tertiary/aromatic N) is 2. The number of hydrogen-bond acceptors (Lipinski definition) is 3. The molecular weight excluding hydrogens is 346 g/mol. The van der Waals surface area contributed by atoms with Gasteiger partial charge in [0.05, 0.1) is 35.1 Å². The predicted octanol–water partition coefficient (Wildman–Crippen LogP) is 5.19. The molecule has 0 aliphatic carbocycles. The Morgan fingerprint density at radius 3 is 2.57 bits per heavy atom. The lowest BCUT2D eigenvalue weighted by molar-refractivity contribution is -0.115. The molecule has 0 unspecified atom stereocenters. The molecule has 1 aliphatic heterocycles. The van der Waals surface area contributed by atoms with Crippen LogP contribution in [0, 0.1) is 11.3 Å². The van der Waals surface area contributed by atoms with Crippen molar-refractivity contribution in [1.29, 1.82) is 5.26 Å². The molecule has 1 N–H and O–H groups in total. The van der Waals surface area contributed by atoms with E-state index in [0.717, 1.165) is 16.7 Å². The predicted molar refractivity (Wildman–Crippen MR) is 112 cm³/mol. The molecule has 0 fully saturated rings. The summed E-state index contributed by atoms with van der Waals surface area (Å²) in [5.41, 5.74) is 5.47. The third-order valence-corrected chi connectivity index (χ3v) is 4.47. The zero-order valence-electron chi connectivity index (χ0n) is 15.1. The highest BCUT2D eigenvalue weighted by molar-refractivity contribution is 6.17. The van der Waals surface area contributed by atoms with E-state index in [1.165, 1.54) is 0 Å². The van der Waals surface area contributed by atoms with Crippen LogP contribution in [0.3, 0.4) is 0 Å². The fraction of sp³-hybridized carbons (Fsp3) is 0.0417. The fourth-order valence-electron chi connectivity index (χ4n) is 3.08. The molecule has 3 aromatic rings. The Balaban J connectivity index is 1.68. The maximum absolute atomic E-state index is 12.4. The second-order valence-corrected chi connectivity index (χ2v) is 6.50. The van der Waals surface area contributed by atoms with Crippen LogP contribution in [0.5, 0.6) is 0 Å². The first kappa shape index (κ1) is 17.4. The summed E-state index contributed by atoms with van der Waals surface area (Å²) in [4.78, 5) is 17.1. The van der Waals surface area contributed by atoms with Crippen molar-refractivity contribution in [3.8, 4) is 6.07 Å². The number of benzene rings is 3. The van der Waals surface area contributed by atoms with Crippen molar-refractivity contribution in [2.45, 2.75) is 6.42 Å². The number of fused-ring (bicyclic) bond motifs is 1. The van der Waals surface area contributed by atoms with Gasteiger partial charge in [-0.1, -0.05) is 60.7 Å². The zero-order chi connectivity index (χ0) is 19.3. The van der Waals surface area contributed by atoms with Gasteiger partial charge in [0.15, 0.2) is 0 Å². The van der Waals surface area contributed by atoms with Crippen LogP contribution >= 0.6 is 0 Å². The lowest BCUT2D eigenvalue weighted by Gasteiger charge is -2.05. The van der Waals surface area contributed by atoms with Crippen LogP contribution in [-0.2, 0) is 4.79 Å². The lowest BCUT2D eigenvalue weighted by atomic mass is 10.0. The maximum atomic E-state index is 12.4. The van der Waals surface area contributed by atoms with Crippen molar-refractivity contribution in [2.24, 2.45) is 4.99 Å². The fourth-order valence-corrected chi connectivity index (χ4v) is 3.08. The molecule has 1 aliphatic rings. The van der Waals surface area contributed by atoms with Gasteiger partial charge in [0.2, 0.25) is 5.91 Å². The molecule has 4 nitrogen and oxygen atoms in total. The molecule has 4 heteroatoms. The van der Waals surface area contributed by atoms with Gasteiger partial charge in [-0.15, -0.1) is 0 Å². The number of rotatable bonds is 3. The van der Waals surface area contributed by atoms with E-state index in [4.69, 9.17) is 10.3 Å². The molecule has 0 spiro atoms. The van der Waals surface area contributed by atoms with Crippen LogP contribution in [0.2, 0.25) is 0 Å². The van der Waals surface area contributed by atoms with Crippen molar-refractivity contribution in [3.05, 3.63) is 95.1 Å².